The van der Waals surface area contributed by atoms with Crippen molar-refractivity contribution in [2.24, 2.45) is 0 Å². The van der Waals surface area contributed by atoms with E-state index in [2.05, 4.69) is 5.32 Å². The van der Waals surface area contributed by atoms with Gasteiger partial charge in [-0.05, 0) is 38.5 Å². The molecule has 0 spiro atoms. The molecule has 0 fully saturated rings. The molecule has 27 heavy (non-hydrogen) atoms. The molecule has 0 aliphatic heterocycles. The van der Waals surface area contributed by atoms with Crippen LogP contribution in [0.3, 0.4) is 0 Å². The smallest absolute Gasteiger partial charge is 0.408 e. The number of hydrogen-bond acceptors (Lipinski definition) is 5. The SMILES string of the molecule is COC(=O)[C@H](Cc1ccc2c(c1)oc1ccccc12)NC(=O)OC(C)(C)C. The van der Waals surface area contributed by atoms with E-state index >= 15 is 0 Å². The lowest BCUT2D eigenvalue weighted by Crippen LogP contribution is -2.45. The summed E-state index contributed by atoms with van der Waals surface area (Å²) >= 11 is 0. The highest BCUT2D eigenvalue weighted by molar-refractivity contribution is 6.04. The maximum Gasteiger partial charge on any atom is 0.408 e. The monoisotopic (exact) mass is 369 g/mol. The largest absolute Gasteiger partial charge is 0.467 e. The number of nitrogens with one attached hydrogen (secondary N) is 1. The summed E-state index contributed by atoms with van der Waals surface area (Å²) in [5.74, 6) is -0.537. The van der Waals surface area contributed by atoms with E-state index in [1.54, 1.807) is 20.8 Å². The predicted octanol–water partition coefficient (Wildman–Crippen LogP) is 4.19. The maximum absolute atomic E-state index is 12.1. The molecule has 1 heterocycles. The number of benzene rings is 2. The Hall–Kier alpha value is -3.02. The predicted molar refractivity (Wildman–Crippen MR) is 103 cm³/mol. The molecule has 0 aliphatic carbocycles. The Morgan fingerprint density at radius 2 is 1.78 bits per heavy atom. The van der Waals surface area contributed by atoms with Crippen molar-refractivity contribution in [3.63, 3.8) is 0 Å². The maximum atomic E-state index is 12.1. The van der Waals surface area contributed by atoms with Gasteiger partial charge in [0, 0.05) is 17.2 Å². The number of alkyl carbamates (subject to hydrolysis) is 1. The van der Waals surface area contributed by atoms with Crippen molar-refractivity contribution in [2.75, 3.05) is 7.11 Å². The Labute approximate surface area is 157 Å². The Morgan fingerprint density at radius 3 is 2.48 bits per heavy atom. The van der Waals surface area contributed by atoms with Gasteiger partial charge in [-0.2, -0.15) is 0 Å². The first-order valence-corrected chi connectivity index (χ1v) is 8.74. The van der Waals surface area contributed by atoms with E-state index in [1.807, 2.05) is 42.5 Å². The van der Waals surface area contributed by atoms with Gasteiger partial charge in [0.15, 0.2) is 0 Å². The van der Waals surface area contributed by atoms with Crippen LogP contribution in [0.4, 0.5) is 4.79 Å². The molecule has 3 rings (SSSR count). The number of amides is 1. The van der Waals surface area contributed by atoms with Gasteiger partial charge in [0.2, 0.25) is 0 Å². The summed E-state index contributed by atoms with van der Waals surface area (Å²) in [4.78, 5) is 24.2. The van der Waals surface area contributed by atoms with Crippen LogP contribution in [0.1, 0.15) is 26.3 Å². The Kier molecular flexibility index (Phi) is 5.08. The first-order valence-electron chi connectivity index (χ1n) is 8.74. The summed E-state index contributed by atoms with van der Waals surface area (Å²) in [5, 5.41) is 4.62. The minimum atomic E-state index is -0.855. The first kappa shape index (κ1) is 18.8. The highest BCUT2D eigenvalue weighted by atomic mass is 16.6. The summed E-state index contributed by atoms with van der Waals surface area (Å²) < 4.78 is 15.9. The normalized spacial score (nSPS) is 12.7. The lowest BCUT2D eigenvalue weighted by Gasteiger charge is -2.22. The molecule has 1 N–H and O–H groups in total. The van der Waals surface area contributed by atoms with Crippen LogP contribution in [0.15, 0.2) is 46.9 Å². The van der Waals surface area contributed by atoms with Gasteiger partial charge >= 0.3 is 12.1 Å². The van der Waals surface area contributed by atoms with Crippen molar-refractivity contribution in [2.45, 2.75) is 38.8 Å². The number of fused-ring (bicyclic) bond motifs is 3. The number of methoxy groups -OCH3 is 1. The summed E-state index contributed by atoms with van der Waals surface area (Å²) in [6.45, 7) is 5.28. The topological polar surface area (TPSA) is 77.8 Å². The van der Waals surface area contributed by atoms with Crippen molar-refractivity contribution >= 4 is 34.0 Å². The van der Waals surface area contributed by atoms with Crippen LogP contribution in [0.5, 0.6) is 0 Å². The van der Waals surface area contributed by atoms with Crippen molar-refractivity contribution in [1.29, 1.82) is 0 Å². The molecule has 1 aromatic heterocycles. The molecule has 1 atom stereocenters. The quantitative estimate of drug-likeness (QED) is 0.698. The minimum Gasteiger partial charge on any atom is -0.467 e. The third-order valence-corrected chi connectivity index (χ3v) is 4.06. The van der Waals surface area contributed by atoms with Crippen LogP contribution in [0.2, 0.25) is 0 Å². The summed E-state index contributed by atoms with van der Waals surface area (Å²) in [5.41, 5.74) is 1.72. The third kappa shape index (κ3) is 4.39. The van der Waals surface area contributed by atoms with Crippen LogP contribution < -0.4 is 5.32 Å². The Balaban J connectivity index is 1.83. The number of rotatable bonds is 4. The lowest BCUT2D eigenvalue weighted by molar-refractivity contribution is -0.143. The van der Waals surface area contributed by atoms with E-state index in [9.17, 15) is 9.59 Å². The van der Waals surface area contributed by atoms with E-state index < -0.39 is 23.7 Å². The zero-order chi connectivity index (χ0) is 19.6. The van der Waals surface area contributed by atoms with Crippen LogP contribution in [-0.4, -0.2) is 30.8 Å². The second-order valence-electron chi connectivity index (χ2n) is 7.35. The van der Waals surface area contributed by atoms with E-state index in [-0.39, 0.29) is 6.42 Å². The number of carbonyl (C=O) groups excluding carboxylic acids is 2. The Morgan fingerprint density at radius 1 is 1.07 bits per heavy atom. The van der Waals surface area contributed by atoms with Gasteiger partial charge in [0.25, 0.3) is 0 Å². The molecule has 6 heteroatoms. The number of furan rings is 1. The van der Waals surface area contributed by atoms with Crippen molar-refractivity contribution < 1.29 is 23.5 Å². The molecule has 0 saturated heterocycles. The van der Waals surface area contributed by atoms with Gasteiger partial charge in [-0.3, -0.25) is 0 Å². The standard InChI is InChI=1S/C21H23NO5/c1-21(2,3)27-20(24)22-16(19(23)25-4)11-13-9-10-15-14-7-5-6-8-17(14)26-18(15)12-13/h5-10,12,16H,11H2,1-4H3,(H,22,24)/t16-/m0/s1. The van der Waals surface area contributed by atoms with Gasteiger partial charge in [0.1, 0.15) is 22.8 Å². The zero-order valence-corrected chi connectivity index (χ0v) is 15.9. The van der Waals surface area contributed by atoms with Gasteiger partial charge < -0.3 is 19.2 Å². The van der Waals surface area contributed by atoms with E-state index in [4.69, 9.17) is 13.9 Å². The number of esters is 1. The van der Waals surface area contributed by atoms with Crippen LogP contribution in [-0.2, 0) is 20.7 Å². The third-order valence-electron chi connectivity index (χ3n) is 4.06. The summed E-state index contributed by atoms with van der Waals surface area (Å²) in [7, 11) is 1.29. The fourth-order valence-corrected chi connectivity index (χ4v) is 2.92. The average molecular weight is 369 g/mol. The molecule has 3 aromatic rings. The number of carbonyl (C=O) groups is 2. The van der Waals surface area contributed by atoms with Crippen LogP contribution in [0.25, 0.3) is 21.9 Å². The second-order valence-corrected chi connectivity index (χ2v) is 7.35. The second kappa shape index (κ2) is 7.31. The molecular weight excluding hydrogens is 346 g/mol. The fraction of sp³-hybridized carbons (Fsp3) is 0.333. The van der Waals surface area contributed by atoms with Crippen LogP contribution in [0, 0.1) is 0 Å². The van der Waals surface area contributed by atoms with Crippen LogP contribution >= 0.6 is 0 Å². The average Bonchev–Trinajstić information content (AvgIpc) is 2.96. The van der Waals surface area contributed by atoms with Gasteiger partial charge in [-0.1, -0.05) is 30.3 Å². The number of hydrogen-bond donors (Lipinski definition) is 1. The first-order chi connectivity index (χ1) is 12.8. The minimum absolute atomic E-state index is 0.263. The van der Waals surface area contributed by atoms with Gasteiger partial charge in [-0.25, -0.2) is 9.59 Å². The molecule has 6 nitrogen and oxygen atoms in total. The van der Waals surface area contributed by atoms with Crippen molar-refractivity contribution in [1.82, 2.24) is 5.32 Å². The molecule has 0 bridgehead atoms. The molecule has 142 valence electrons. The van der Waals surface area contributed by atoms with Gasteiger partial charge in [0.05, 0.1) is 7.11 Å². The van der Waals surface area contributed by atoms with Gasteiger partial charge in [-0.15, -0.1) is 0 Å². The fourth-order valence-electron chi connectivity index (χ4n) is 2.92. The molecule has 0 saturated carbocycles. The lowest BCUT2D eigenvalue weighted by atomic mass is 10.0. The highest BCUT2D eigenvalue weighted by Crippen LogP contribution is 2.29. The molecule has 1 amide bonds. The summed E-state index contributed by atoms with van der Waals surface area (Å²) in [6, 6.07) is 12.7. The van der Waals surface area contributed by atoms with Crippen molar-refractivity contribution in [3.8, 4) is 0 Å². The molecule has 0 radical (unpaired) electrons. The summed E-state index contributed by atoms with van der Waals surface area (Å²) in [6.07, 6.45) is -0.401. The molecule has 0 unspecified atom stereocenters. The highest BCUT2D eigenvalue weighted by Gasteiger charge is 2.25. The molecule has 2 aromatic carbocycles. The number of ether oxygens (including phenoxy) is 2. The van der Waals surface area contributed by atoms with E-state index in [0.717, 1.165) is 27.5 Å². The van der Waals surface area contributed by atoms with E-state index in [1.165, 1.54) is 7.11 Å². The zero-order valence-electron chi connectivity index (χ0n) is 15.9. The van der Waals surface area contributed by atoms with Crippen molar-refractivity contribution in [3.05, 3.63) is 48.0 Å². The molecule has 0 aliphatic rings. The molecular formula is C21H23NO5. The Bertz CT molecular complexity index is 983. The number of para-hydroxylation sites is 1. The van der Waals surface area contributed by atoms with E-state index in [0.29, 0.717) is 0 Å².